The second-order valence-corrected chi connectivity index (χ2v) is 4.80. The monoisotopic (exact) mass is 299 g/mol. The average molecular weight is 300 g/mol. The highest BCUT2D eigenvalue weighted by atomic mass is 35.5. The summed E-state index contributed by atoms with van der Waals surface area (Å²) in [5.41, 5.74) is 0.924. The predicted molar refractivity (Wildman–Crippen MR) is 70.5 cm³/mol. The molecule has 0 aliphatic carbocycles. The van der Waals surface area contributed by atoms with Crippen molar-refractivity contribution in [2.75, 3.05) is 5.32 Å². The molecule has 0 saturated carbocycles. The molecule has 0 unspecified atom stereocenters. The Kier molecular flexibility index (Phi) is 3.01. The molecule has 1 aliphatic heterocycles. The number of fused-ring (bicyclic) bond motifs is 2. The number of hydrogen-bond acceptors (Lipinski definition) is 2. The van der Waals surface area contributed by atoms with Crippen LogP contribution in [0.25, 0.3) is 0 Å². The van der Waals surface area contributed by atoms with Crippen LogP contribution in [0.5, 0.6) is 5.75 Å². The van der Waals surface area contributed by atoms with Crippen LogP contribution in [0.3, 0.4) is 0 Å². The summed E-state index contributed by atoms with van der Waals surface area (Å²) in [6, 6.07) is 8.53. The van der Waals surface area contributed by atoms with E-state index in [0.29, 0.717) is 16.5 Å². The van der Waals surface area contributed by atoms with Crippen LogP contribution in [0.4, 0.5) is 24.5 Å². The van der Waals surface area contributed by atoms with Gasteiger partial charge in [0.1, 0.15) is 12.4 Å². The minimum absolute atomic E-state index is 0.209. The molecule has 0 fully saturated rings. The lowest BCUT2D eigenvalue weighted by Gasteiger charge is -2.12. The summed E-state index contributed by atoms with van der Waals surface area (Å²) >= 11 is 6.06. The van der Waals surface area contributed by atoms with Crippen molar-refractivity contribution in [3.05, 3.63) is 52.5 Å². The lowest BCUT2D eigenvalue weighted by atomic mass is 10.1. The number of hydrogen-bond donors (Lipinski definition) is 1. The van der Waals surface area contributed by atoms with Gasteiger partial charge in [0.2, 0.25) is 0 Å². The third-order valence-corrected chi connectivity index (χ3v) is 3.42. The molecule has 0 spiro atoms. The molecule has 2 aromatic carbocycles. The first-order chi connectivity index (χ1) is 9.45. The fourth-order valence-electron chi connectivity index (χ4n) is 2.05. The van der Waals surface area contributed by atoms with Gasteiger partial charge in [0.05, 0.1) is 11.3 Å². The van der Waals surface area contributed by atoms with Crippen molar-refractivity contribution < 1.29 is 17.9 Å². The topological polar surface area (TPSA) is 21.3 Å². The molecule has 3 rings (SSSR count). The van der Waals surface area contributed by atoms with Crippen LogP contribution in [0, 0.1) is 0 Å². The summed E-state index contributed by atoms with van der Waals surface area (Å²) < 4.78 is 43.7. The Morgan fingerprint density at radius 3 is 2.65 bits per heavy atom. The highest BCUT2D eigenvalue weighted by molar-refractivity contribution is 6.31. The summed E-state index contributed by atoms with van der Waals surface area (Å²) in [5, 5.41) is 3.46. The molecule has 1 aliphatic rings. The van der Waals surface area contributed by atoms with E-state index in [4.69, 9.17) is 16.3 Å². The van der Waals surface area contributed by atoms with Crippen LogP contribution in [0.1, 0.15) is 11.1 Å². The molecule has 0 aromatic heterocycles. The normalized spacial score (nSPS) is 13.6. The Balaban J connectivity index is 2.07. The van der Waals surface area contributed by atoms with Crippen molar-refractivity contribution in [3.8, 4) is 5.75 Å². The third-order valence-electron chi connectivity index (χ3n) is 3.07. The quantitative estimate of drug-likeness (QED) is 0.739. The molecular weight excluding hydrogens is 291 g/mol. The van der Waals surface area contributed by atoms with E-state index in [9.17, 15) is 13.2 Å². The number of ether oxygens (including phenoxy) is 1. The number of alkyl halides is 3. The Morgan fingerprint density at radius 1 is 1.10 bits per heavy atom. The molecule has 0 saturated heterocycles. The fraction of sp³-hybridized carbons (Fsp3) is 0.143. The van der Waals surface area contributed by atoms with Gasteiger partial charge in [0.25, 0.3) is 0 Å². The summed E-state index contributed by atoms with van der Waals surface area (Å²) in [4.78, 5) is 0. The zero-order valence-electron chi connectivity index (χ0n) is 10.1. The van der Waals surface area contributed by atoms with Crippen LogP contribution in [-0.4, -0.2) is 0 Å². The number of anilines is 2. The third kappa shape index (κ3) is 2.29. The van der Waals surface area contributed by atoms with Crippen molar-refractivity contribution in [3.63, 3.8) is 0 Å². The number of benzene rings is 2. The molecule has 0 amide bonds. The van der Waals surface area contributed by atoms with Crippen molar-refractivity contribution in [2.24, 2.45) is 0 Å². The standard InChI is InChI=1S/C14H9ClF3NO/c15-10-2-1-3-11-9(10)7-20-13-5-4-8(14(16,17)18)6-12(13)19-11/h1-6,19H,7H2. The van der Waals surface area contributed by atoms with Crippen LogP contribution < -0.4 is 10.1 Å². The molecule has 2 nitrogen and oxygen atoms in total. The van der Waals surface area contributed by atoms with Crippen LogP contribution in [-0.2, 0) is 12.8 Å². The first-order valence-corrected chi connectivity index (χ1v) is 6.21. The van der Waals surface area contributed by atoms with Gasteiger partial charge in [-0.15, -0.1) is 0 Å². The Hall–Kier alpha value is -1.88. The lowest BCUT2D eigenvalue weighted by molar-refractivity contribution is -0.137. The predicted octanol–water partition coefficient (Wildman–Crippen LogP) is 4.99. The number of rotatable bonds is 0. The second kappa shape index (κ2) is 4.59. The minimum atomic E-state index is -4.39. The minimum Gasteiger partial charge on any atom is -0.487 e. The number of halogens is 4. The van der Waals surface area contributed by atoms with Crippen molar-refractivity contribution in [2.45, 2.75) is 12.8 Å². The first-order valence-electron chi connectivity index (χ1n) is 5.83. The van der Waals surface area contributed by atoms with Crippen molar-refractivity contribution in [1.29, 1.82) is 0 Å². The van der Waals surface area contributed by atoms with E-state index in [-0.39, 0.29) is 12.3 Å². The fourth-order valence-corrected chi connectivity index (χ4v) is 2.28. The molecule has 0 radical (unpaired) electrons. The van der Waals surface area contributed by atoms with Gasteiger partial charge < -0.3 is 10.1 Å². The zero-order chi connectivity index (χ0) is 14.3. The SMILES string of the molecule is FC(F)(F)c1ccc2c(c1)Nc1cccc(Cl)c1CO2. The summed E-state index contributed by atoms with van der Waals surface area (Å²) in [6.45, 7) is 0.209. The first kappa shape index (κ1) is 13.1. The summed E-state index contributed by atoms with van der Waals surface area (Å²) in [7, 11) is 0. The Labute approximate surface area is 118 Å². The molecule has 1 heterocycles. The van der Waals surface area contributed by atoms with E-state index in [1.54, 1.807) is 18.2 Å². The molecule has 1 N–H and O–H groups in total. The lowest BCUT2D eigenvalue weighted by Crippen LogP contribution is -2.05. The molecule has 6 heteroatoms. The van der Waals surface area contributed by atoms with Gasteiger partial charge >= 0.3 is 6.18 Å². The van der Waals surface area contributed by atoms with Gasteiger partial charge in [-0.05, 0) is 30.3 Å². The highest BCUT2D eigenvalue weighted by Gasteiger charge is 2.31. The maximum Gasteiger partial charge on any atom is 0.416 e. The van der Waals surface area contributed by atoms with Gasteiger partial charge in [-0.25, -0.2) is 0 Å². The van der Waals surface area contributed by atoms with E-state index in [1.165, 1.54) is 6.07 Å². The average Bonchev–Trinajstić information content (AvgIpc) is 2.56. The van der Waals surface area contributed by atoms with E-state index < -0.39 is 11.7 Å². The van der Waals surface area contributed by atoms with Gasteiger partial charge in [-0.2, -0.15) is 13.2 Å². The van der Waals surface area contributed by atoms with Crippen molar-refractivity contribution >= 4 is 23.0 Å². The van der Waals surface area contributed by atoms with Crippen LogP contribution >= 0.6 is 11.6 Å². The molecule has 104 valence electrons. The molecule has 20 heavy (non-hydrogen) atoms. The smallest absolute Gasteiger partial charge is 0.416 e. The number of nitrogens with one attached hydrogen (secondary N) is 1. The molecular formula is C14H9ClF3NO. The van der Waals surface area contributed by atoms with Gasteiger partial charge in [-0.1, -0.05) is 17.7 Å². The summed E-state index contributed by atoms with van der Waals surface area (Å²) in [5.74, 6) is 0.366. The molecule has 0 atom stereocenters. The van der Waals surface area contributed by atoms with E-state index >= 15 is 0 Å². The largest absolute Gasteiger partial charge is 0.487 e. The summed E-state index contributed by atoms with van der Waals surface area (Å²) in [6.07, 6.45) is -4.39. The van der Waals surface area contributed by atoms with Crippen molar-refractivity contribution in [1.82, 2.24) is 0 Å². The van der Waals surface area contributed by atoms with E-state index in [2.05, 4.69) is 5.32 Å². The van der Waals surface area contributed by atoms with Gasteiger partial charge in [0.15, 0.2) is 0 Å². The zero-order valence-corrected chi connectivity index (χ0v) is 10.8. The maximum absolute atomic E-state index is 12.7. The van der Waals surface area contributed by atoms with Crippen LogP contribution in [0.15, 0.2) is 36.4 Å². The van der Waals surface area contributed by atoms with Crippen LogP contribution in [0.2, 0.25) is 5.02 Å². The Bertz CT molecular complexity index is 670. The van der Waals surface area contributed by atoms with E-state index in [0.717, 1.165) is 17.7 Å². The highest BCUT2D eigenvalue weighted by Crippen LogP contribution is 2.40. The molecule has 2 aromatic rings. The van der Waals surface area contributed by atoms with E-state index in [1.807, 2.05) is 0 Å². The van der Waals surface area contributed by atoms with Gasteiger partial charge in [-0.3, -0.25) is 0 Å². The Morgan fingerprint density at radius 2 is 1.90 bits per heavy atom. The maximum atomic E-state index is 12.7. The second-order valence-electron chi connectivity index (χ2n) is 4.39. The molecule has 0 bridgehead atoms. The van der Waals surface area contributed by atoms with Gasteiger partial charge in [0, 0.05) is 16.3 Å².